The highest BCUT2D eigenvalue weighted by Gasteiger charge is 2.25. The molecule has 0 aliphatic carbocycles. The summed E-state index contributed by atoms with van der Waals surface area (Å²) < 4.78 is 7.20. The van der Waals surface area contributed by atoms with Crippen LogP contribution < -0.4 is 5.32 Å². The van der Waals surface area contributed by atoms with E-state index in [4.69, 9.17) is 16.3 Å². The fourth-order valence-electron chi connectivity index (χ4n) is 2.52. The van der Waals surface area contributed by atoms with Gasteiger partial charge in [0.1, 0.15) is 0 Å². The largest absolute Gasteiger partial charge is 0.385 e. The van der Waals surface area contributed by atoms with Crippen LogP contribution in [-0.4, -0.2) is 45.2 Å². The summed E-state index contributed by atoms with van der Waals surface area (Å²) in [7, 11) is 1.68. The second-order valence-corrected chi connectivity index (χ2v) is 8.99. The van der Waals surface area contributed by atoms with Crippen molar-refractivity contribution in [1.82, 2.24) is 20.1 Å². The lowest BCUT2D eigenvalue weighted by Crippen LogP contribution is -2.46. The Balaban J connectivity index is 2.26. The molecule has 1 atom stereocenters. The smallest absolute Gasteiger partial charge is 0.233 e. The van der Waals surface area contributed by atoms with Gasteiger partial charge >= 0.3 is 0 Å². The van der Waals surface area contributed by atoms with Crippen molar-refractivity contribution in [2.45, 2.75) is 63.0 Å². The van der Waals surface area contributed by atoms with E-state index < -0.39 is 0 Å². The number of rotatable bonds is 10. The number of amides is 1. The van der Waals surface area contributed by atoms with Gasteiger partial charge in [0.15, 0.2) is 11.0 Å². The van der Waals surface area contributed by atoms with Gasteiger partial charge in [-0.15, -0.1) is 10.2 Å². The zero-order valence-electron chi connectivity index (χ0n) is 17.2. The summed E-state index contributed by atoms with van der Waals surface area (Å²) in [6.45, 7) is 9.29. The van der Waals surface area contributed by atoms with Gasteiger partial charge in [-0.1, -0.05) is 42.4 Å². The quantitative estimate of drug-likeness (QED) is 0.451. The topological polar surface area (TPSA) is 69.0 Å². The first-order valence-electron chi connectivity index (χ1n) is 9.44. The number of benzene rings is 1. The first-order valence-corrected chi connectivity index (χ1v) is 10.7. The van der Waals surface area contributed by atoms with Gasteiger partial charge in [0.05, 0.1) is 10.3 Å². The minimum absolute atomic E-state index is 0.0115. The number of hydrogen-bond acceptors (Lipinski definition) is 5. The molecule has 0 aliphatic heterocycles. The highest BCUT2D eigenvalue weighted by molar-refractivity contribution is 8.00. The lowest BCUT2D eigenvalue weighted by Gasteiger charge is -2.26. The number of carbonyl (C=O) groups excluding carboxylic acids is 1. The van der Waals surface area contributed by atoms with Gasteiger partial charge in [0.25, 0.3) is 0 Å². The van der Waals surface area contributed by atoms with Crippen molar-refractivity contribution in [2.24, 2.45) is 0 Å². The summed E-state index contributed by atoms with van der Waals surface area (Å²) in [5.74, 6) is 0.688. The molecule has 0 radical (unpaired) electrons. The Morgan fingerprint density at radius 2 is 2.07 bits per heavy atom. The van der Waals surface area contributed by atoms with E-state index in [0.717, 1.165) is 18.4 Å². The minimum atomic E-state index is -0.296. The molecule has 1 amide bonds. The second-order valence-electron chi connectivity index (χ2n) is 7.27. The Bertz CT molecular complexity index is 794. The van der Waals surface area contributed by atoms with Gasteiger partial charge in [-0.25, -0.2) is 0 Å². The lowest BCUT2D eigenvalue weighted by molar-refractivity contribution is -0.121. The van der Waals surface area contributed by atoms with E-state index in [-0.39, 0.29) is 16.7 Å². The van der Waals surface area contributed by atoms with Crippen LogP contribution in [0.5, 0.6) is 0 Å². The molecule has 28 heavy (non-hydrogen) atoms. The maximum atomic E-state index is 12.6. The Kier molecular flexibility index (Phi) is 8.34. The standard InChI is InChI=1S/C20H29ClN4O2S/c1-6-20(3,4)22-18(26)14(2)28-19-24-23-17(25(19)12-9-13-27-5)15-10-7-8-11-16(15)21/h7-8,10-11,14H,6,9,12-13H2,1-5H3,(H,22,26). The predicted molar refractivity (Wildman–Crippen MR) is 115 cm³/mol. The Morgan fingerprint density at radius 3 is 2.71 bits per heavy atom. The van der Waals surface area contributed by atoms with E-state index >= 15 is 0 Å². The van der Waals surface area contributed by atoms with Gasteiger partial charge in [-0.3, -0.25) is 4.79 Å². The van der Waals surface area contributed by atoms with E-state index in [1.54, 1.807) is 7.11 Å². The summed E-state index contributed by atoms with van der Waals surface area (Å²) in [5, 5.41) is 12.8. The van der Waals surface area contributed by atoms with Crippen molar-refractivity contribution in [3.8, 4) is 11.4 Å². The van der Waals surface area contributed by atoms with Crippen molar-refractivity contribution < 1.29 is 9.53 Å². The Labute approximate surface area is 176 Å². The minimum Gasteiger partial charge on any atom is -0.385 e. The molecule has 8 heteroatoms. The van der Waals surface area contributed by atoms with E-state index in [0.29, 0.717) is 29.2 Å². The molecule has 1 aromatic carbocycles. The van der Waals surface area contributed by atoms with Crippen LogP contribution in [0.25, 0.3) is 11.4 Å². The van der Waals surface area contributed by atoms with Crippen LogP contribution in [0.4, 0.5) is 0 Å². The highest BCUT2D eigenvalue weighted by Crippen LogP contribution is 2.31. The molecule has 154 valence electrons. The Hall–Kier alpha value is -1.57. The highest BCUT2D eigenvalue weighted by atomic mass is 35.5. The fourth-order valence-corrected chi connectivity index (χ4v) is 3.62. The van der Waals surface area contributed by atoms with Crippen LogP contribution in [0.3, 0.4) is 0 Å². The summed E-state index contributed by atoms with van der Waals surface area (Å²) in [6, 6.07) is 7.56. The maximum absolute atomic E-state index is 12.6. The molecular weight excluding hydrogens is 396 g/mol. The molecule has 6 nitrogen and oxygen atoms in total. The monoisotopic (exact) mass is 424 g/mol. The van der Waals surface area contributed by atoms with Crippen LogP contribution >= 0.6 is 23.4 Å². The fraction of sp³-hybridized carbons (Fsp3) is 0.550. The third-order valence-corrected chi connectivity index (χ3v) is 5.97. The lowest BCUT2D eigenvalue weighted by atomic mass is 10.0. The van der Waals surface area contributed by atoms with Crippen molar-refractivity contribution in [2.75, 3.05) is 13.7 Å². The van der Waals surface area contributed by atoms with Gasteiger partial charge in [0.2, 0.25) is 5.91 Å². The van der Waals surface area contributed by atoms with Gasteiger partial charge < -0.3 is 14.6 Å². The van der Waals surface area contributed by atoms with Crippen LogP contribution in [0.15, 0.2) is 29.4 Å². The summed E-state index contributed by atoms with van der Waals surface area (Å²) >= 11 is 7.77. The van der Waals surface area contributed by atoms with Crippen LogP contribution in [0.2, 0.25) is 5.02 Å². The molecule has 0 aliphatic rings. The Morgan fingerprint density at radius 1 is 1.36 bits per heavy atom. The average Bonchev–Trinajstić information content (AvgIpc) is 3.04. The first kappa shape index (κ1) is 22.7. The van der Waals surface area contributed by atoms with Gasteiger partial charge in [-0.2, -0.15) is 0 Å². The van der Waals surface area contributed by atoms with Crippen molar-refractivity contribution in [3.05, 3.63) is 29.3 Å². The molecule has 0 saturated heterocycles. The van der Waals surface area contributed by atoms with Gasteiger partial charge in [-0.05, 0) is 45.7 Å². The maximum Gasteiger partial charge on any atom is 0.233 e. The van der Waals surface area contributed by atoms with Crippen LogP contribution in [0, 0.1) is 0 Å². The molecule has 2 aromatic rings. The SMILES string of the molecule is CCC(C)(C)NC(=O)C(C)Sc1nnc(-c2ccccc2Cl)n1CCCOC. The van der Waals surface area contributed by atoms with E-state index in [2.05, 4.69) is 22.4 Å². The van der Waals surface area contributed by atoms with Gasteiger partial charge in [0, 0.05) is 31.4 Å². The second kappa shape index (κ2) is 10.3. The van der Waals surface area contributed by atoms with E-state index in [9.17, 15) is 4.79 Å². The summed E-state index contributed by atoms with van der Waals surface area (Å²) in [6.07, 6.45) is 1.67. The molecule has 0 saturated carbocycles. The number of aromatic nitrogens is 3. The number of nitrogens with zero attached hydrogens (tertiary/aromatic N) is 3. The zero-order chi connectivity index (χ0) is 20.7. The molecule has 0 spiro atoms. The van der Waals surface area contributed by atoms with Crippen molar-refractivity contribution in [3.63, 3.8) is 0 Å². The average molecular weight is 425 g/mol. The third kappa shape index (κ3) is 5.96. The number of ether oxygens (including phenoxy) is 1. The van der Waals surface area contributed by atoms with E-state index in [1.807, 2.05) is 49.6 Å². The predicted octanol–water partition coefficient (Wildman–Crippen LogP) is 4.42. The summed E-state index contributed by atoms with van der Waals surface area (Å²) in [5.41, 5.74) is 0.589. The molecule has 2 rings (SSSR count). The molecule has 1 N–H and O–H groups in total. The number of thioether (sulfide) groups is 1. The van der Waals surface area contributed by atoms with Crippen molar-refractivity contribution >= 4 is 29.3 Å². The van der Waals surface area contributed by atoms with Crippen molar-refractivity contribution in [1.29, 1.82) is 0 Å². The molecule has 1 unspecified atom stereocenters. The molecule has 1 aromatic heterocycles. The molecular formula is C20H29ClN4O2S. The number of hydrogen-bond donors (Lipinski definition) is 1. The third-order valence-electron chi connectivity index (χ3n) is 4.56. The number of carbonyl (C=O) groups is 1. The van der Waals surface area contributed by atoms with Crippen LogP contribution in [0.1, 0.15) is 40.5 Å². The van der Waals surface area contributed by atoms with Crippen LogP contribution in [-0.2, 0) is 16.1 Å². The van der Waals surface area contributed by atoms with E-state index in [1.165, 1.54) is 11.8 Å². The zero-order valence-corrected chi connectivity index (χ0v) is 18.7. The summed E-state index contributed by atoms with van der Waals surface area (Å²) in [4.78, 5) is 12.6. The first-order chi connectivity index (χ1) is 13.3. The molecule has 1 heterocycles. The number of halogens is 1. The molecule has 0 bridgehead atoms. The number of methoxy groups -OCH3 is 1. The number of nitrogens with one attached hydrogen (secondary N) is 1. The molecule has 0 fully saturated rings. The normalized spacial score (nSPS) is 12.8.